The summed E-state index contributed by atoms with van der Waals surface area (Å²) in [6, 6.07) is 2.02. The number of aldehydes is 1. The average molecular weight is 184 g/mol. The Balaban J connectivity index is 3.14. The molecule has 0 saturated carbocycles. The summed E-state index contributed by atoms with van der Waals surface area (Å²) in [5.74, 6) is -0.938. The summed E-state index contributed by atoms with van der Waals surface area (Å²) in [7, 11) is 0. The molecule has 0 bridgehead atoms. The van der Waals surface area contributed by atoms with Crippen LogP contribution in [0.3, 0.4) is 0 Å². The summed E-state index contributed by atoms with van der Waals surface area (Å²) >= 11 is 0. The second kappa shape index (κ2) is 3.89. The van der Waals surface area contributed by atoms with Crippen molar-refractivity contribution in [1.29, 1.82) is 0 Å². The fourth-order valence-electron chi connectivity index (χ4n) is 0.920. The smallest absolute Gasteiger partial charge is 0.161 e. The predicted molar refractivity (Wildman–Crippen MR) is 44.6 cm³/mol. The van der Waals surface area contributed by atoms with Crippen molar-refractivity contribution in [1.82, 2.24) is 0 Å². The zero-order chi connectivity index (χ0) is 9.84. The van der Waals surface area contributed by atoms with Gasteiger partial charge < -0.3 is 9.84 Å². The highest BCUT2D eigenvalue weighted by Crippen LogP contribution is 2.28. The molecule has 0 spiro atoms. The first-order valence-electron chi connectivity index (χ1n) is 3.79. The Morgan fingerprint density at radius 1 is 1.62 bits per heavy atom. The Bertz CT molecular complexity index is 323. The molecule has 13 heavy (non-hydrogen) atoms. The van der Waals surface area contributed by atoms with E-state index in [1.165, 1.54) is 6.07 Å². The number of hydrogen-bond donors (Lipinski definition) is 1. The summed E-state index contributed by atoms with van der Waals surface area (Å²) in [6.07, 6.45) is 0.372. The molecule has 0 amide bonds. The number of rotatable bonds is 3. The zero-order valence-corrected chi connectivity index (χ0v) is 7.08. The first-order chi connectivity index (χ1) is 6.19. The Hall–Kier alpha value is -1.58. The Labute approximate surface area is 74.8 Å². The van der Waals surface area contributed by atoms with E-state index in [0.29, 0.717) is 12.9 Å². The van der Waals surface area contributed by atoms with Gasteiger partial charge in [-0.05, 0) is 13.0 Å². The van der Waals surface area contributed by atoms with Crippen LogP contribution in [-0.2, 0) is 0 Å². The van der Waals surface area contributed by atoms with E-state index in [1.807, 2.05) is 0 Å². The van der Waals surface area contributed by atoms with Gasteiger partial charge in [0.1, 0.15) is 5.82 Å². The van der Waals surface area contributed by atoms with Crippen LogP contribution in [0.4, 0.5) is 4.39 Å². The summed E-state index contributed by atoms with van der Waals surface area (Å²) in [4.78, 5) is 10.3. The second-order valence-corrected chi connectivity index (χ2v) is 2.39. The molecule has 0 heterocycles. The first-order valence-corrected chi connectivity index (χ1v) is 3.79. The van der Waals surface area contributed by atoms with Crippen LogP contribution in [0.1, 0.15) is 17.3 Å². The minimum Gasteiger partial charge on any atom is -0.504 e. The molecular formula is C9H9FO3. The van der Waals surface area contributed by atoms with E-state index in [0.717, 1.165) is 6.07 Å². The SMILES string of the molecule is CCOc1cc(C=O)c(F)cc1O. The van der Waals surface area contributed by atoms with Crippen molar-refractivity contribution in [2.45, 2.75) is 6.92 Å². The maximum atomic E-state index is 12.8. The number of benzene rings is 1. The number of hydrogen-bond acceptors (Lipinski definition) is 3. The van der Waals surface area contributed by atoms with Crippen molar-refractivity contribution in [3.63, 3.8) is 0 Å². The van der Waals surface area contributed by atoms with Crippen molar-refractivity contribution in [2.24, 2.45) is 0 Å². The van der Waals surface area contributed by atoms with Gasteiger partial charge in [0.05, 0.1) is 12.2 Å². The third kappa shape index (κ3) is 1.96. The predicted octanol–water partition coefficient (Wildman–Crippen LogP) is 1.74. The highest BCUT2D eigenvalue weighted by molar-refractivity contribution is 5.76. The summed E-state index contributed by atoms with van der Waals surface area (Å²) in [5, 5.41) is 9.16. The zero-order valence-electron chi connectivity index (χ0n) is 7.08. The highest BCUT2D eigenvalue weighted by atomic mass is 19.1. The van der Waals surface area contributed by atoms with E-state index in [4.69, 9.17) is 9.84 Å². The Kier molecular flexibility index (Phi) is 2.84. The van der Waals surface area contributed by atoms with Gasteiger partial charge in [-0.2, -0.15) is 0 Å². The number of halogens is 1. The van der Waals surface area contributed by atoms with Gasteiger partial charge in [0, 0.05) is 6.07 Å². The molecule has 0 fully saturated rings. The molecule has 4 heteroatoms. The molecule has 0 aliphatic rings. The second-order valence-electron chi connectivity index (χ2n) is 2.39. The Morgan fingerprint density at radius 2 is 2.31 bits per heavy atom. The topological polar surface area (TPSA) is 46.5 Å². The highest BCUT2D eigenvalue weighted by Gasteiger charge is 2.08. The molecule has 0 aromatic heterocycles. The summed E-state index contributed by atoms with van der Waals surface area (Å²) in [5.41, 5.74) is -0.124. The van der Waals surface area contributed by atoms with E-state index in [1.54, 1.807) is 6.92 Å². The van der Waals surface area contributed by atoms with Gasteiger partial charge >= 0.3 is 0 Å². The first kappa shape index (κ1) is 9.51. The molecule has 0 aliphatic heterocycles. The van der Waals surface area contributed by atoms with Gasteiger partial charge in [0.15, 0.2) is 17.8 Å². The fourth-order valence-corrected chi connectivity index (χ4v) is 0.920. The quantitative estimate of drug-likeness (QED) is 0.728. The summed E-state index contributed by atoms with van der Waals surface area (Å²) in [6.45, 7) is 2.07. The molecule has 3 nitrogen and oxygen atoms in total. The lowest BCUT2D eigenvalue weighted by atomic mass is 10.2. The fraction of sp³-hybridized carbons (Fsp3) is 0.222. The molecule has 0 aliphatic carbocycles. The lowest BCUT2D eigenvalue weighted by Gasteiger charge is -2.06. The molecule has 0 saturated heterocycles. The summed E-state index contributed by atoms with van der Waals surface area (Å²) < 4.78 is 17.8. The molecule has 1 aromatic carbocycles. The van der Waals surface area contributed by atoms with Crippen molar-refractivity contribution in [3.8, 4) is 11.5 Å². The van der Waals surface area contributed by atoms with Gasteiger partial charge in [0.25, 0.3) is 0 Å². The molecule has 70 valence electrons. The van der Waals surface area contributed by atoms with Crippen molar-refractivity contribution in [3.05, 3.63) is 23.5 Å². The minimum atomic E-state index is -0.754. The van der Waals surface area contributed by atoms with Gasteiger partial charge in [0.2, 0.25) is 0 Å². The lowest BCUT2D eigenvalue weighted by Crippen LogP contribution is -1.95. The number of carbonyl (C=O) groups is 1. The number of phenolic OH excluding ortho intramolecular Hbond substituents is 1. The van der Waals surface area contributed by atoms with Gasteiger partial charge in [-0.15, -0.1) is 0 Å². The maximum absolute atomic E-state index is 12.8. The minimum absolute atomic E-state index is 0.117. The van der Waals surface area contributed by atoms with E-state index >= 15 is 0 Å². The maximum Gasteiger partial charge on any atom is 0.161 e. The third-order valence-corrected chi connectivity index (χ3v) is 1.51. The largest absolute Gasteiger partial charge is 0.504 e. The van der Waals surface area contributed by atoms with Crippen LogP contribution >= 0.6 is 0 Å². The van der Waals surface area contributed by atoms with Gasteiger partial charge in [-0.3, -0.25) is 4.79 Å². The molecular weight excluding hydrogens is 175 g/mol. The Morgan fingerprint density at radius 3 is 2.85 bits per heavy atom. The van der Waals surface area contributed by atoms with Gasteiger partial charge in [-0.25, -0.2) is 4.39 Å². The average Bonchev–Trinajstić information content (AvgIpc) is 2.10. The van der Waals surface area contributed by atoms with E-state index in [-0.39, 0.29) is 17.1 Å². The van der Waals surface area contributed by atoms with Crippen LogP contribution in [0, 0.1) is 5.82 Å². The molecule has 0 unspecified atom stereocenters. The van der Waals surface area contributed by atoms with Crippen LogP contribution in [0.25, 0.3) is 0 Å². The van der Waals surface area contributed by atoms with Crippen LogP contribution in [0.5, 0.6) is 11.5 Å². The van der Waals surface area contributed by atoms with Crippen LogP contribution in [0.2, 0.25) is 0 Å². The van der Waals surface area contributed by atoms with Crippen molar-refractivity contribution in [2.75, 3.05) is 6.61 Å². The van der Waals surface area contributed by atoms with Crippen LogP contribution in [0.15, 0.2) is 12.1 Å². The number of phenols is 1. The van der Waals surface area contributed by atoms with Crippen LogP contribution in [-0.4, -0.2) is 18.0 Å². The van der Waals surface area contributed by atoms with E-state index in [2.05, 4.69) is 0 Å². The third-order valence-electron chi connectivity index (χ3n) is 1.51. The lowest BCUT2D eigenvalue weighted by molar-refractivity contribution is 0.111. The van der Waals surface area contributed by atoms with Gasteiger partial charge in [-0.1, -0.05) is 0 Å². The molecule has 0 radical (unpaired) electrons. The normalized spacial score (nSPS) is 9.69. The van der Waals surface area contributed by atoms with E-state index < -0.39 is 5.82 Å². The molecule has 0 atom stereocenters. The molecule has 1 N–H and O–H groups in total. The van der Waals surface area contributed by atoms with Crippen LogP contribution < -0.4 is 4.74 Å². The number of carbonyl (C=O) groups excluding carboxylic acids is 1. The van der Waals surface area contributed by atoms with Crippen molar-refractivity contribution < 1.29 is 19.0 Å². The molecule has 1 rings (SSSR count). The van der Waals surface area contributed by atoms with E-state index in [9.17, 15) is 9.18 Å². The monoisotopic (exact) mass is 184 g/mol. The number of aromatic hydroxyl groups is 1. The number of ether oxygens (including phenoxy) is 1. The molecule has 1 aromatic rings. The standard InChI is InChI=1S/C9H9FO3/c1-2-13-9-3-6(5-11)7(10)4-8(9)12/h3-5,12H,2H2,1H3. The van der Waals surface area contributed by atoms with Crippen molar-refractivity contribution >= 4 is 6.29 Å².